The lowest BCUT2D eigenvalue weighted by Gasteiger charge is -2.03. The molecule has 0 aromatic carbocycles. The lowest BCUT2D eigenvalue weighted by atomic mass is 10.4. The van der Waals surface area contributed by atoms with Crippen molar-refractivity contribution in [3.05, 3.63) is 18.0 Å². The van der Waals surface area contributed by atoms with Gasteiger partial charge in [-0.3, -0.25) is 10.1 Å². The van der Waals surface area contributed by atoms with E-state index in [1.165, 1.54) is 0 Å². The van der Waals surface area contributed by atoms with E-state index in [9.17, 15) is 4.79 Å². The molecule has 5 heteroatoms. The van der Waals surface area contributed by atoms with Crippen LogP contribution in [0.4, 0.5) is 0 Å². The summed E-state index contributed by atoms with van der Waals surface area (Å²) in [4.78, 5) is 11.1. The van der Waals surface area contributed by atoms with Crippen molar-refractivity contribution >= 4 is 5.97 Å². The van der Waals surface area contributed by atoms with Gasteiger partial charge in [-0.2, -0.15) is 0 Å². The number of nitrogens with one attached hydrogen (secondary N) is 1. The Morgan fingerprint density at radius 3 is 3.20 bits per heavy atom. The van der Waals surface area contributed by atoms with Gasteiger partial charge in [0.05, 0.1) is 25.9 Å². The quantitative estimate of drug-likeness (QED) is 0.541. The fourth-order valence-electron chi connectivity index (χ4n) is 1.00. The van der Waals surface area contributed by atoms with E-state index in [-0.39, 0.29) is 12.5 Å². The van der Waals surface area contributed by atoms with Crippen molar-refractivity contribution in [2.75, 3.05) is 13.2 Å². The van der Waals surface area contributed by atoms with E-state index in [2.05, 4.69) is 17.4 Å². The maximum Gasteiger partial charge on any atom is 0.319 e. The van der Waals surface area contributed by atoms with Gasteiger partial charge in [-0.1, -0.05) is 18.5 Å². The third-order valence-corrected chi connectivity index (χ3v) is 1.82. The Hall–Kier alpha value is -1.36. The number of carbonyl (C=O) groups is 1. The SMILES string of the molecule is CCCCOC(=O)CNCc1ccno1. The van der Waals surface area contributed by atoms with Crippen molar-refractivity contribution < 1.29 is 14.1 Å². The molecule has 1 aromatic heterocycles. The topological polar surface area (TPSA) is 64.4 Å². The van der Waals surface area contributed by atoms with E-state index in [4.69, 9.17) is 9.26 Å². The van der Waals surface area contributed by atoms with E-state index in [0.717, 1.165) is 12.8 Å². The first-order valence-corrected chi connectivity index (χ1v) is 5.09. The minimum atomic E-state index is -0.233. The van der Waals surface area contributed by atoms with Gasteiger partial charge in [-0.25, -0.2) is 0 Å². The van der Waals surface area contributed by atoms with Crippen molar-refractivity contribution in [3.63, 3.8) is 0 Å². The molecule has 0 saturated heterocycles. The monoisotopic (exact) mass is 212 g/mol. The highest BCUT2D eigenvalue weighted by atomic mass is 16.5. The van der Waals surface area contributed by atoms with E-state index in [1.807, 2.05) is 0 Å². The highest BCUT2D eigenvalue weighted by Crippen LogP contribution is 1.94. The standard InChI is InChI=1S/C10H16N2O3/c1-2-3-6-14-10(13)8-11-7-9-4-5-12-15-9/h4-5,11H,2-3,6-8H2,1H3. The van der Waals surface area contributed by atoms with Crippen LogP contribution in [0.5, 0.6) is 0 Å². The van der Waals surface area contributed by atoms with Crippen LogP contribution in [-0.4, -0.2) is 24.3 Å². The maximum absolute atomic E-state index is 11.1. The number of hydrogen-bond donors (Lipinski definition) is 1. The molecule has 0 spiro atoms. The number of hydrogen-bond acceptors (Lipinski definition) is 5. The third-order valence-electron chi connectivity index (χ3n) is 1.82. The summed E-state index contributed by atoms with van der Waals surface area (Å²) in [5.74, 6) is 0.472. The van der Waals surface area contributed by atoms with Crippen LogP contribution in [0.1, 0.15) is 25.5 Å². The summed E-state index contributed by atoms with van der Waals surface area (Å²) in [7, 11) is 0. The molecule has 84 valence electrons. The summed E-state index contributed by atoms with van der Waals surface area (Å²) in [6.07, 6.45) is 3.50. The molecule has 0 radical (unpaired) electrons. The molecule has 0 aliphatic heterocycles. The molecule has 0 bridgehead atoms. The molecule has 1 rings (SSSR count). The number of carbonyl (C=O) groups excluding carboxylic acids is 1. The van der Waals surface area contributed by atoms with Crippen LogP contribution >= 0.6 is 0 Å². The zero-order valence-corrected chi connectivity index (χ0v) is 8.86. The van der Waals surface area contributed by atoms with E-state index in [0.29, 0.717) is 18.9 Å². The summed E-state index contributed by atoms with van der Waals surface area (Å²) in [6.45, 7) is 3.24. The number of aromatic nitrogens is 1. The lowest BCUT2D eigenvalue weighted by Crippen LogP contribution is -2.24. The number of ether oxygens (including phenoxy) is 1. The van der Waals surface area contributed by atoms with Crippen LogP contribution < -0.4 is 5.32 Å². The molecule has 0 saturated carbocycles. The highest BCUT2D eigenvalue weighted by Gasteiger charge is 2.02. The van der Waals surface area contributed by atoms with Crippen molar-refractivity contribution in [2.45, 2.75) is 26.3 Å². The number of nitrogens with zero attached hydrogens (tertiary/aromatic N) is 1. The first kappa shape index (κ1) is 11.7. The smallest absolute Gasteiger partial charge is 0.319 e. The highest BCUT2D eigenvalue weighted by molar-refractivity contribution is 5.71. The van der Waals surface area contributed by atoms with Gasteiger partial charge in [0.15, 0.2) is 0 Å². The molecular formula is C10H16N2O3. The molecule has 15 heavy (non-hydrogen) atoms. The molecule has 1 N–H and O–H groups in total. The van der Waals surface area contributed by atoms with Crippen LogP contribution in [0.3, 0.4) is 0 Å². The Kier molecular flexibility index (Phi) is 5.47. The molecule has 0 aliphatic carbocycles. The van der Waals surface area contributed by atoms with Crippen LogP contribution in [-0.2, 0) is 16.1 Å². The van der Waals surface area contributed by atoms with Crippen molar-refractivity contribution in [2.24, 2.45) is 0 Å². The third kappa shape index (κ3) is 5.17. The zero-order valence-electron chi connectivity index (χ0n) is 8.86. The van der Waals surface area contributed by atoms with Gasteiger partial charge in [-0.15, -0.1) is 0 Å². The number of rotatable bonds is 7. The predicted molar refractivity (Wildman–Crippen MR) is 54.1 cm³/mol. The van der Waals surface area contributed by atoms with Gasteiger partial charge in [-0.05, 0) is 6.42 Å². The molecule has 0 amide bonds. The fourth-order valence-corrected chi connectivity index (χ4v) is 1.00. The average Bonchev–Trinajstić information content (AvgIpc) is 2.71. The van der Waals surface area contributed by atoms with Crippen LogP contribution in [0.2, 0.25) is 0 Å². The molecule has 0 aliphatic rings. The molecule has 1 aromatic rings. The Morgan fingerprint density at radius 2 is 2.53 bits per heavy atom. The summed E-state index contributed by atoms with van der Waals surface area (Å²) in [6, 6.07) is 1.75. The normalized spacial score (nSPS) is 10.2. The van der Waals surface area contributed by atoms with E-state index < -0.39 is 0 Å². The van der Waals surface area contributed by atoms with Crippen LogP contribution in [0, 0.1) is 0 Å². The summed E-state index contributed by atoms with van der Waals surface area (Å²) < 4.78 is 9.80. The molecule has 1 heterocycles. The van der Waals surface area contributed by atoms with E-state index >= 15 is 0 Å². The summed E-state index contributed by atoms with van der Waals surface area (Å²) in [5, 5.41) is 6.46. The minimum Gasteiger partial charge on any atom is -0.465 e. The molecule has 5 nitrogen and oxygen atoms in total. The molecule has 0 atom stereocenters. The molecular weight excluding hydrogens is 196 g/mol. The van der Waals surface area contributed by atoms with Gasteiger partial charge in [0, 0.05) is 6.07 Å². The average molecular weight is 212 g/mol. The second kappa shape index (κ2) is 7.00. The minimum absolute atomic E-state index is 0.199. The lowest BCUT2D eigenvalue weighted by molar-refractivity contribution is -0.142. The van der Waals surface area contributed by atoms with Crippen LogP contribution in [0.25, 0.3) is 0 Å². The second-order valence-corrected chi connectivity index (χ2v) is 3.16. The van der Waals surface area contributed by atoms with Gasteiger partial charge in [0.25, 0.3) is 0 Å². The largest absolute Gasteiger partial charge is 0.465 e. The molecule has 0 fully saturated rings. The van der Waals surface area contributed by atoms with Crippen molar-refractivity contribution in [3.8, 4) is 0 Å². The van der Waals surface area contributed by atoms with Crippen LogP contribution in [0.15, 0.2) is 16.8 Å². The van der Waals surface area contributed by atoms with Gasteiger partial charge in [0.2, 0.25) is 0 Å². The van der Waals surface area contributed by atoms with Gasteiger partial charge >= 0.3 is 5.97 Å². The summed E-state index contributed by atoms with van der Waals surface area (Å²) in [5.41, 5.74) is 0. The molecule has 0 unspecified atom stereocenters. The Morgan fingerprint density at radius 1 is 1.67 bits per heavy atom. The zero-order chi connectivity index (χ0) is 10.9. The Labute approximate surface area is 88.8 Å². The summed E-state index contributed by atoms with van der Waals surface area (Å²) >= 11 is 0. The predicted octanol–water partition coefficient (Wildman–Crippen LogP) is 1.11. The second-order valence-electron chi connectivity index (χ2n) is 3.16. The number of unbranched alkanes of at least 4 members (excludes halogenated alkanes) is 1. The Balaban J connectivity index is 2.02. The maximum atomic E-state index is 11.1. The van der Waals surface area contributed by atoms with Crippen molar-refractivity contribution in [1.82, 2.24) is 10.5 Å². The van der Waals surface area contributed by atoms with Gasteiger partial charge < -0.3 is 9.26 Å². The van der Waals surface area contributed by atoms with Crippen molar-refractivity contribution in [1.29, 1.82) is 0 Å². The Bertz CT molecular complexity index is 272. The van der Waals surface area contributed by atoms with Gasteiger partial charge in [0.1, 0.15) is 5.76 Å². The first-order chi connectivity index (χ1) is 7.33. The van der Waals surface area contributed by atoms with E-state index in [1.54, 1.807) is 12.3 Å². The first-order valence-electron chi connectivity index (χ1n) is 5.09. The number of esters is 1. The fraction of sp³-hybridized carbons (Fsp3) is 0.600.